The Morgan fingerprint density at radius 1 is 1.35 bits per heavy atom. The summed E-state index contributed by atoms with van der Waals surface area (Å²) in [5, 5.41) is 10.8. The van der Waals surface area contributed by atoms with Crippen molar-refractivity contribution in [2.45, 2.75) is 19.7 Å². The number of ketones is 1. The molecule has 0 atom stereocenters. The van der Waals surface area contributed by atoms with Crippen LogP contribution in [0.3, 0.4) is 0 Å². The number of Topliss-reactive ketones (excluding diaryl/α,β-unsaturated/α-hetero) is 1. The Morgan fingerprint density at radius 2 is 1.90 bits per heavy atom. The molecular weight excluding hydrogens is 293 g/mol. The standard InChI is InChI=1S/C10H6F5NO4/c1-4(17)7-5(10(13,14)15)2-3-6(20-9(11)12)8(7)16(18)19/h2-3,9H,1H3. The van der Waals surface area contributed by atoms with Crippen LogP contribution in [0.4, 0.5) is 27.6 Å². The van der Waals surface area contributed by atoms with E-state index < -0.39 is 46.1 Å². The molecule has 0 amide bonds. The van der Waals surface area contributed by atoms with Crippen LogP contribution in [0, 0.1) is 10.1 Å². The van der Waals surface area contributed by atoms with E-state index in [1.54, 1.807) is 0 Å². The Labute approximate surface area is 108 Å². The molecule has 1 aromatic carbocycles. The summed E-state index contributed by atoms with van der Waals surface area (Å²) in [5.74, 6) is -2.40. The smallest absolute Gasteiger partial charge is 0.417 e. The highest BCUT2D eigenvalue weighted by Gasteiger charge is 2.40. The summed E-state index contributed by atoms with van der Waals surface area (Å²) in [5.41, 5.74) is -4.34. The summed E-state index contributed by atoms with van der Waals surface area (Å²) >= 11 is 0. The van der Waals surface area contributed by atoms with Gasteiger partial charge in [0.05, 0.1) is 10.5 Å². The van der Waals surface area contributed by atoms with Gasteiger partial charge in [-0.15, -0.1) is 0 Å². The maximum atomic E-state index is 12.7. The van der Waals surface area contributed by atoms with Crippen LogP contribution in [0.25, 0.3) is 0 Å². The molecule has 0 aliphatic rings. The number of benzene rings is 1. The van der Waals surface area contributed by atoms with Gasteiger partial charge in [0.1, 0.15) is 5.56 Å². The number of halogens is 5. The lowest BCUT2D eigenvalue weighted by molar-refractivity contribution is -0.386. The molecule has 0 fully saturated rings. The van der Waals surface area contributed by atoms with Gasteiger partial charge in [-0.05, 0) is 19.1 Å². The van der Waals surface area contributed by atoms with Gasteiger partial charge in [-0.2, -0.15) is 22.0 Å². The highest BCUT2D eigenvalue weighted by atomic mass is 19.4. The molecule has 0 aliphatic carbocycles. The maximum absolute atomic E-state index is 12.7. The van der Waals surface area contributed by atoms with Crippen LogP contribution in [-0.4, -0.2) is 17.3 Å². The van der Waals surface area contributed by atoms with Gasteiger partial charge in [0, 0.05) is 0 Å². The second kappa shape index (κ2) is 5.39. The monoisotopic (exact) mass is 299 g/mol. The van der Waals surface area contributed by atoms with E-state index in [-0.39, 0.29) is 6.07 Å². The minimum Gasteiger partial charge on any atom is -0.427 e. The van der Waals surface area contributed by atoms with E-state index in [2.05, 4.69) is 4.74 Å². The molecule has 0 heterocycles. The van der Waals surface area contributed by atoms with E-state index >= 15 is 0 Å². The van der Waals surface area contributed by atoms with Gasteiger partial charge in [0.25, 0.3) is 0 Å². The van der Waals surface area contributed by atoms with Gasteiger partial charge in [-0.1, -0.05) is 0 Å². The number of ether oxygens (including phenoxy) is 1. The first-order valence-corrected chi connectivity index (χ1v) is 4.90. The number of hydrogen-bond donors (Lipinski definition) is 0. The number of nitro benzene ring substituents is 1. The highest BCUT2D eigenvalue weighted by molar-refractivity contribution is 6.00. The molecule has 0 aromatic heterocycles. The zero-order valence-electron chi connectivity index (χ0n) is 9.70. The number of carbonyl (C=O) groups is 1. The van der Waals surface area contributed by atoms with Gasteiger partial charge in [0.15, 0.2) is 5.78 Å². The third-order valence-electron chi connectivity index (χ3n) is 2.20. The second-order valence-electron chi connectivity index (χ2n) is 3.52. The van der Waals surface area contributed by atoms with Crippen molar-refractivity contribution in [3.63, 3.8) is 0 Å². The molecule has 0 bridgehead atoms. The average molecular weight is 299 g/mol. The Kier molecular flexibility index (Phi) is 4.26. The van der Waals surface area contributed by atoms with Gasteiger partial charge in [-0.25, -0.2) is 0 Å². The quantitative estimate of drug-likeness (QED) is 0.370. The first kappa shape index (κ1) is 15.8. The molecule has 1 aromatic rings. The van der Waals surface area contributed by atoms with Gasteiger partial charge in [0.2, 0.25) is 5.75 Å². The third kappa shape index (κ3) is 3.19. The van der Waals surface area contributed by atoms with E-state index in [0.717, 1.165) is 0 Å². The summed E-state index contributed by atoms with van der Waals surface area (Å²) in [4.78, 5) is 20.6. The maximum Gasteiger partial charge on any atom is 0.417 e. The Hall–Kier alpha value is -2.26. The normalized spacial score (nSPS) is 11.6. The highest BCUT2D eigenvalue weighted by Crippen LogP contribution is 2.41. The number of hydrogen-bond acceptors (Lipinski definition) is 4. The van der Waals surface area contributed by atoms with E-state index in [1.165, 1.54) is 0 Å². The number of nitrogens with zero attached hydrogens (tertiary/aromatic N) is 1. The van der Waals surface area contributed by atoms with Crippen molar-refractivity contribution in [2.24, 2.45) is 0 Å². The van der Waals surface area contributed by atoms with Crippen LogP contribution in [0.1, 0.15) is 22.8 Å². The summed E-state index contributed by atoms with van der Waals surface area (Å²) in [6.45, 7) is -2.82. The first-order chi connectivity index (χ1) is 9.05. The average Bonchev–Trinajstić information content (AvgIpc) is 2.25. The van der Waals surface area contributed by atoms with E-state index in [1.807, 2.05) is 0 Å². The van der Waals surface area contributed by atoms with Crippen molar-refractivity contribution in [2.75, 3.05) is 0 Å². The largest absolute Gasteiger partial charge is 0.427 e. The van der Waals surface area contributed by atoms with Crippen LogP contribution in [-0.2, 0) is 6.18 Å². The van der Waals surface area contributed by atoms with Crippen LogP contribution < -0.4 is 4.74 Å². The summed E-state index contributed by atoms with van der Waals surface area (Å²) < 4.78 is 66.0. The molecule has 10 heteroatoms. The minimum atomic E-state index is -5.05. The fraction of sp³-hybridized carbons (Fsp3) is 0.300. The molecule has 20 heavy (non-hydrogen) atoms. The first-order valence-electron chi connectivity index (χ1n) is 4.90. The number of nitro groups is 1. The molecule has 0 spiro atoms. The molecule has 0 unspecified atom stereocenters. The lowest BCUT2D eigenvalue weighted by Crippen LogP contribution is -2.15. The van der Waals surface area contributed by atoms with Gasteiger partial charge < -0.3 is 4.74 Å². The molecule has 0 aliphatic heterocycles. The van der Waals surface area contributed by atoms with Crippen molar-refractivity contribution in [3.8, 4) is 5.75 Å². The van der Waals surface area contributed by atoms with Crippen molar-refractivity contribution in [1.82, 2.24) is 0 Å². The van der Waals surface area contributed by atoms with Crippen molar-refractivity contribution >= 4 is 11.5 Å². The lowest BCUT2D eigenvalue weighted by Gasteiger charge is -2.13. The SMILES string of the molecule is CC(=O)c1c(C(F)(F)F)ccc(OC(F)F)c1[N+](=O)[O-]. The third-order valence-corrected chi connectivity index (χ3v) is 2.20. The van der Waals surface area contributed by atoms with Crippen LogP contribution in [0.2, 0.25) is 0 Å². The zero-order valence-corrected chi connectivity index (χ0v) is 9.70. The summed E-state index contributed by atoms with van der Waals surface area (Å²) in [7, 11) is 0. The Bertz CT molecular complexity index is 555. The van der Waals surface area contributed by atoms with Crippen molar-refractivity contribution < 1.29 is 36.4 Å². The molecule has 0 N–H and O–H groups in total. The van der Waals surface area contributed by atoms with Crippen LogP contribution >= 0.6 is 0 Å². The Morgan fingerprint density at radius 3 is 2.25 bits per heavy atom. The van der Waals surface area contributed by atoms with E-state index in [4.69, 9.17) is 0 Å². The van der Waals surface area contributed by atoms with Crippen LogP contribution in [0.15, 0.2) is 12.1 Å². The topological polar surface area (TPSA) is 69.4 Å². The number of alkyl halides is 5. The van der Waals surface area contributed by atoms with E-state index in [0.29, 0.717) is 13.0 Å². The number of carbonyl (C=O) groups excluding carboxylic acids is 1. The molecule has 1 rings (SSSR count). The predicted octanol–water partition coefficient (Wildman–Crippen LogP) is 3.42. The molecule has 110 valence electrons. The molecule has 0 saturated heterocycles. The molecule has 0 saturated carbocycles. The van der Waals surface area contributed by atoms with E-state index in [9.17, 15) is 36.9 Å². The Balaban J connectivity index is 3.68. The molecular formula is C10H6F5NO4. The summed E-state index contributed by atoms with van der Waals surface area (Å²) in [6.07, 6.45) is -5.05. The molecule has 0 radical (unpaired) electrons. The van der Waals surface area contributed by atoms with Crippen molar-refractivity contribution in [1.29, 1.82) is 0 Å². The number of rotatable bonds is 4. The lowest BCUT2D eigenvalue weighted by atomic mass is 10.0. The van der Waals surface area contributed by atoms with Gasteiger partial charge >= 0.3 is 18.5 Å². The fourth-order valence-corrected chi connectivity index (χ4v) is 1.54. The fourth-order valence-electron chi connectivity index (χ4n) is 1.54. The second-order valence-corrected chi connectivity index (χ2v) is 3.52. The summed E-state index contributed by atoms with van der Waals surface area (Å²) in [6, 6.07) is 0.654. The van der Waals surface area contributed by atoms with Gasteiger partial charge in [-0.3, -0.25) is 14.9 Å². The van der Waals surface area contributed by atoms with Crippen molar-refractivity contribution in [3.05, 3.63) is 33.4 Å². The molecule has 5 nitrogen and oxygen atoms in total. The predicted molar refractivity (Wildman–Crippen MR) is 54.7 cm³/mol. The van der Waals surface area contributed by atoms with Crippen LogP contribution in [0.5, 0.6) is 5.75 Å². The minimum absolute atomic E-state index is 0.279. The zero-order chi connectivity index (χ0) is 15.7.